The molecule has 0 bridgehead atoms. The van der Waals surface area contributed by atoms with Gasteiger partial charge in [0.15, 0.2) is 0 Å². The molecule has 2 aliphatic rings. The fourth-order valence-corrected chi connectivity index (χ4v) is 3.71. The van der Waals surface area contributed by atoms with Gasteiger partial charge in [0.25, 0.3) is 11.8 Å². The number of likely N-dealkylation sites (tertiary alicyclic amines) is 1. The number of piperidine rings is 1. The zero-order valence-electron chi connectivity index (χ0n) is 13.5. The normalized spacial score (nSPS) is 21.9. The van der Waals surface area contributed by atoms with Gasteiger partial charge in [-0.3, -0.25) is 19.3 Å². The molecule has 3 rings (SSSR count). The first-order valence-corrected chi connectivity index (χ1v) is 8.76. The van der Waals surface area contributed by atoms with Gasteiger partial charge in [-0.05, 0) is 45.2 Å². The van der Waals surface area contributed by atoms with E-state index in [4.69, 9.17) is 23.2 Å². The molecular formula is C17H18Cl2N2O3. The van der Waals surface area contributed by atoms with E-state index in [0.29, 0.717) is 6.54 Å². The summed E-state index contributed by atoms with van der Waals surface area (Å²) in [5.41, 5.74) is 0.390. The van der Waals surface area contributed by atoms with Crippen LogP contribution in [0.1, 0.15) is 53.8 Å². The number of halogens is 2. The van der Waals surface area contributed by atoms with Gasteiger partial charge in [-0.25, -0.2) is 0 Å². The summed E-state index contributed by atoms with van der Waals surface area (Å²) in [6.45, 7) is 4.24. The van der Waals surface area contributed by atoms with Crippen molar-refractivity contribution >= 4 is 40.9 Å². The van der Waals surface area contributed by atoms with E-state index in [1.165, 1.54) is 12.1 Å². The van der Waals surface area contributed by atoms with Gasteiger partial charge in [-0.15, -0.1) is 0 Å². The van der Waals surface area contributed by atoms with Crippen LogP contribution in [0.15, 0.2) is 12.1 Å². The zero-order chi connectivity index (χ0) is 17.6. The van der Waals surface area contributed by atoms with Gasteiger partial charge in [0.1, 0.15) is 6.04 Å². The summed E-state index contributed by atoms with van der Waals surface area (Å²) in [5.74, 6) is -1.20. The summed E-state index contributed by atoms with van der Waals surface area (Å²) in [5, 5.41) is 0.420. The fourth-order valence-electron chi connectivity index (χ4n) is 3.38. The van der Waals surface area contributed by atoms with E-state index in [-0.39, 0.29) is 33.1 Å². The lowest BCUT2D eigenvalue weighted by atomic mass is 10.0. The summed E-state index contributed by atoms with van der Waals surface area (Å²) >= 11 is 11.9. The van der Waals surface area contributed by atoms with E-state index in [2.05, 4.69) is 0 Å². The molecule has 2 aliphatic heterocycles. The van der Waals surface area contributed by atoms with Crippen molar-refractivity contribution in [3.05, 3.63) is 33.3 Å². The lowest BCUT2D eigenvalue weighted by Gasteiger charge is -2.36. The van der Waals surface area contributed by atoms with Crippen LogP contribution in [0, 0.1) is 0 Å². The molecular weight excluding hydrogens is 351 g/mol. The molecule has 24 heavy (non-hydrogen) atoms. The third-order valence-electron chi connectivity index (χ3n) is 4.79. The first-order valence-electron chi connectivity index (χ1n) is 8.00. The van der Waals surface area contributed by atoms with E-state index in [1.807, 2.05) is 6.92 Å². The lowest BCUT2D eigenvalue weighted by Crippen LogP contribution is -2.53. The third kappa shape index (κ3) is 2.70. The van der Waals surface area contributed by atoms with Crippen LogP contribution in [-0.2, 0) is 4.79 Å². The van der Waals surface area contributed by atoms with Crippen molar-refractivity contribution in [2.45, 2.75) is 45.2 Å². The van der Waals surface area contributed by atoms with Crippen LogP contribution < -0.4 is 0 Å². The van der Waals surface area contributed by atoms with Crippen LogP contribution in [-0.4, -0.2) is 46.1 Å². The maximum atomic E-state index is 12.8. The van der Waals surface area contributed by atoms with E-state index >= 15 is 0 Å². The molecule has 0 saturated carbocycles. The SMILES string of the molecule is CC1CCCCN1C(=O)C(C)N1C(=O)c2cc(Cl)c(Cl)cc2C1=O. The van der Waals surface area contributed by atoms with Crippen molar-refractivity contribution in [2.75, 3.05) is 6.54 Å². The molecule has 0 aliphatic carbocycles. The molecule has 1 saturated heterocycles. The lowest BCUT2D eigenvalue weighted by molar-refractivity contribution is -0.138. The second-order valence-electron chi connectivity index (χ2n) is 6.34. The van der Waals surface area contributed by atoms with Crippen molar-refractivity contribution in [1.29, 1.82) is 0 Å². The molecule has 0 spiro atoms. The molecule has 0 N–H and O–H groups in total. The molecule has 0 radical (unpaired) electrons. The highest BCUT2D eigenvalue weighted by Gasteiger charge is 2.43. The Labute approximate surface area is 150 Å². The van der Waals surface area contributed by atoms with Crippen molar-refractivity contribution in [2.24, 2.45) is 0 Å². The van der Waals surface area contributed by atoms with Crippen LogP contribution in [0.25, 0.3) is 0 Å². The van der Waals surface area contributed by atoms with Gasteiger partial charge in [0.2, 0.25) is 5.91 Å². The molecule has 1 aromatic rings. The Morgan fingerprint density at radius 2 is 1.67 bits per heavy atom. The predicted molar refractivity (Wildman–Crippen MR) is 91.5 cm³/mol. The molecule has 128 valence electrons. The molecule has 2 heterocycles. The van der Waals surface area contributed by atoms with Crippen LogP contribution in [0.5, 0.6) is 0 Å². The number of carbonyl (C=O) groups excluding carboxylic acids is 3. The fraction of sp³-hybridized carbons (Fsp3) is 0.471. The third-order valence-corrected chi connectivity index (χ3v) is 5.51. The molecule has 3 amide bonds. The van der Waals surface area contributed by atoms with Crippen LogP contribution in [0.3, 0.4) is 0 Å². The average molecular weight is 369 g/mol. The van der Waals surface area contributed by atoms with Crippen molar-refractivity contribution in [3.63, 3.8) is 0 Å². The zero-order valence-corrected chi connectivity index (χ0v) is 15.0. The van der Waals surface area contributed by atoms with Crippen molar-refractivity contribution in [1.82, 2.24) is 9.80 Å². The highest BCUT2D eigenvalue weighted by Crippen LogP contribution is 2.33. The monoisotopic (exact) mass is 368 g/mol. The Hall–Kier alpha value is -1.59. The summed E-state index contributed by atoms with van der Waals surface area (Å²) < 4.78 is 0. The Morgan fingerprint density at radius 1 is 1.12 bits per heavy atom. The quantitative estimate of drug-likeness (QED) is 0.751. The molecule has 2 atom stereocenters. The van der Waals surface area contributed by atoms with Crippen LogP contribution >= 0.6 is 23.2 Å². The number of rotatable bonds is 2. The maximum absolute atomic E-state index is 12.8. The Kier molecular flexibility index (Phi) is 4.58. The molecule has 2 unspecified atom stereocenters. The minimum absolute atomic E-state index is 0.118. The van der Waals surface area contributed by atoms with E-state index in [0.717, 1.165) is 24.2 Å². The Morgan fingerprint density at radius 3 is 2.17 bits per heavy atom. The summed E-state index contributed by atoms with van der Waals surface area (Å²) in [6, 6.07) is 2.05. The van der Waals surface area contributed by atoms with Gasteiger partial charge in [-0.1, -0.05) is 23.2 Å². The first kappa shape index (κ1) is 17.2. The predicted octanol–water partition coefficient (Wildman–Crippen LogP) is 3.38. The minimum Gasteiger partial charge on any atom is -0.338 e. The summed E-state index contributed by atoms with van der Waals surface area (Å²) in [6.07, 6.45) is 2.96. The molecule has 0 aromatic heterocycles. The van der Waals surface area contributed by atoms with Gasteiger partial charge in [0.05, 0.1) is 21.2 Å². The highest BCUT2D eigenvalue weighted by molar-refractivity contribution is 6.43. The van der Waals surface area contributed by atoms with Crippen LogP contribution in [0.4, 0.5) is 0 Å². The van der Waals surface area contributed by atoms with Gasteiger partial charge in [0, 0.05) is 12.6 Å². The van der Waals surface area contributed by atoms with E-state index in [1.54, 1.807) is 11.8 Å². The average Bonchev–Trinajstić information content (AvgIpc) is 2.78. The largest absolute Gasteiger partial charge is 0.338 e. The molecule has 7 heteroatoms. The van der Waals surface area contributed by atoms with Crippen molar-refractivity contribution in [3.8, 4) is 0 Å². The van der Waals surface area contributed by atoms with Gasteiger partial charge < -0.3 is 4.90 Å². The number of imide groups is 1. The van der Waals surface area contributed by atoms with Crippen LogP contribution in [0.2, 0.25) is 10.0 Å². The number of hydrogen-bond donors (Lipinski definition) is 0. The summed E-state index contributed by atoms with van der Waals surface area (Å²) in [4.78, 5) is 40.8. The minimum atomic E-state index is -0.851. The highest BCUT2D eigenvalue weighted by atomic mass is 35.5. The standard InChI is InChI=1S/C17H18Cl2N2O3/c1-9-5-3-4-6-20(9)15(22)10(2)21-16(23)11-7-13(18)14(19)8-12(11)17(21)24/h7-10H,3-6H2,1-2H3. The topological polar surface area (TPSA) is 57.7 Å². The van der Waals surface area contributed by atoms with Gasteiger partial charge >= 0.3 is 0 Å². The van der Waals surface area contributed by atoms with Gasteiger partial charge in [-0.2, -0.15) is 0 Å². The number of hydrogen-bond acceptors (Lipinski definition) is 3. The Balaban J connectivity index is 1.88. The van der Waals surface area contributed by atoms with Crippen molar-refractivity contribution < 1.29 is 14.4 Å². The van der Waals surface area contributed by atoms with E-state index < -0.39 is 17.9 Å². The van der Waals surface area contributed by atoms with E-state index in [9.17, 15) is 14.4 Å². The number of carbonyl (C=O) groups is 3. The second-order valence-corrected chi connectivity index (χ2v) is 7.16. The smallest absolute Gasteiger partial charge is 0.262 e. The number of amides is 3. The maximum Gasteiger partial charge on any atom is 0.262 e. The summed E-state index contributed by atoms with van der Waals surface area (Å²) in [7, 11) is 0. The molecule has 1 aromatic carbocycles. The molecule has 1 fully saturated rings. The number of fused-ring (bicyclic) bond motifs is 1. The second kappa shape index (κ2) is 6.37. The first-order chi connectivity index (χ1) is 11.3. The number of nitrogens with zero attached hydrogens (tertiary/aromatic N) is 2. The molecule has 5 nitrogen and oxygen atoms in total. The Bertz CT molecular complexity index is 694. The number of benzene rings is 1.